The van der Waals surface area contributed by atoms with Gasteiger partial charge in [-0.25, -0.2) is 10.2 Å². The summed E-state index contributed by atoms with van der Waals surface area (Å²) in [6.45, 7) is 0. The number of hydrogen-bond donors (Lipinski definition) is 1. The lowest BCUT2D eigenvalue weighted by Crippen LogP contribution is -2.35. The molecule has 1 aliphatic rings. The van der Waals surface area contributed by atoms with Crippen molar-refractivity contribution in [3.05, 3.63) is 35.9 Å². The third-order valence-electron chi connectivity index (χ3n) is 3.13. The largest absolute Gasteiger partial charge is 0.443 e. The fraction of sp³-hybridized carbons (Fsp3) is 0.333. The minimum atomic E-state index is -1.04. The van der Waals surface area contributed by atoms with E-state index in [1.54, 1.807) is 38.4 Å². The van der Waals surface area contributed by atoms with Gasteiger partial charge in [0.2, 0.25) is 12.0 Å². The average molecular weight is 303 g/mol. The highest BCUT2D eigenvalue weighted by atomic mass is 16.5. The summed E-state index contributed by atoms with van der Waals surface area (Å²) in [5, 5.41) is 3.68. The molecule has 0 aromatic heterocycles. The van der Waals surface area contributed by atoms with Gasteiger partial charge in [0.15, 0.2) is 0 Å². The highest BCUT2D eigenvalue weighted by Gasteiger charge is 2.29. The third kappa shape index (κ3) is 3.69. The molecule has 1 heterocycles. The van der Waals surface area contributed by atoms with Gasteiger partial charge < -0.3 is 9.64 Å². The van der Waals surface area contributed by atoms with E-state index in [0.717, 1.165) is 0 Å². The number of rotatable bonds is 4. The van der Waals surface area contributed by atoms with Crippen LogP contribution >= 0.6 is 0 Å². The van der Waals surface area contributed by atoms with E-state index in [-0.39, 0.29) is 30.4 Å². The Morgan fingerprint density at radius 1 is 1.23 bits per heavy atom. The van der Waals surface area contributed by atoms with E-state index in [9.17, 15) is 14.4 Å². The highest BCUT2D eigenvalue weighted by Crippen LogP contribution is 2.20. The molecule has 22 heavy (non-hydrogen) atoms. The Kier molecular flexibility index (Phi) is 4.88. The number of carbonyl (C=O) groups excluding carboxylic acids is 3. The van der Waals surface area contributed by atoms with Crippen molar-refractivity contribution in [2.24, 2.45) is 5.10 Å². The maximum atomic E-state index is 12.3. The summed E-state index contributed by atoms with van der Waals surface area (Å²) >= 11 is 0. The standard InChI is InChI=1S/C15H17N3O4/c1-18(2)14(20)13(10-6-4-3-5-7-10)22-15(21)11-8-9-12(19)17-16-11/h3-7,13H,8-9H2,1-2H3,(H,17,19)/t13-/m1/s1. The molecule has 0 saturated heterocycles. The normalized spacial score (nSPS) is 15.4. The van der Waals surface area contributed by atoms with Crippen LogP contribution in [0.4, 0.5) is 0 Å². The Bertz CT molecular complexity index is 610. The molecule has 7 heteroatoms. The van der Waals surface area contributed by atoms with Crippen LogP contribution in [0.3, 0.4) is 0 Å². The van der Waals surface area contributed by atoms with Gasteiger partial charge in [0.25, 0.3) is 5.91 Å². The zero-order valence-electron chi connectivity index (χ0n) is 12.4. The summed E-state index contributed by atoms with van der Waals surface area (Å²) in [7, 11) is 3.18. The number of carbonyl (C=O) groups is 3. The smallest absolute Gasteiger partial charge is 0.355 e. The van der Waals surface area contributed by atoms with E-state index in [4.69, 9.17) is 4.74 Å². The predicted molar refractivity (Wildman–Crippen MR) is 78.8 cm³/mol. The molecule has 0 aliphatic carbocycles. The first-order chi connectivity index (χ1) is 10.5. The van der Waals surface area contributed by atoms with Crippen molar-refractivity contribution in [1.82, 2.24) is 10.3 Å². The molecule has 0 spiro atoms. The van der Waals surface area contributed by atoms with Crippen LogP contribution in [0, 0.1) is 0 Å². The molecule has 0 saturated carbocycles. The highest BCUT2D eigenvalue weighted by molar-refractivity contribution is 6.37. The van der Waals surface area contributed by atoms with E-state index < -0.39 is 12.1 Å². The van der Waals surface area contributed by atoms with Crippen LogP contribution in [0.2, 0.25) is 0 Å². The van der Waals surface area contributed by atoms with Gasteiger partial charge in [0, 0.05) is 32.5 Å². The van der Waals surface area contributed by atoms with Crippen LogP contribution in [0.25, 0.3) is 0 Å². The molecule has 2 amide bonds. The number of amides is 2. The summed E-state index contributed by atoms with van der Waals surface area (Å²) in [6.07, 6.45) is -0.669. The summed E-state index contributed by atoms with van der Waals surface area (Å²) in [5.41, 5.74) is 2.91. The SMILES string of the molecule is CN(C)C(=O)[C@H](OC(=O)C1=NNC(=O)CC1)c1ccccc1. The van der Waals surface area contributed by atoms with Crippen molar-refractivity contribution in [3.8, 4) is 0 Å². The van der Waals surface area contributed by atoms with Crippen molar-refractivity contribution < 1.29 is 19.1 Å². The van der Waals surface area contributed by atoms with E-state index in [2.05, 4.69) is 10.5 Å². The monoisotopic (exact) mass is 303 g/mol. The van der Waals surface area contributed by atoms with Gasteiger partial charge in [-0.05, 0) is 0 Å². The summed E-state index contributed by atoms with van der Waals surface area (Å²) in [4.78, 5) is 36.8. The predicted octanol–water partition coefficient (Wildman–Crippen LogP) is 0.625. The van der Waals surface area contributed by atoms with Crippen molar-refractivity contribution in [2.45, 2.75) is 18.9 Å². The molecular weight excluding hydrogens is 286 g/mol. The van der Waals surface area contributed by atoms with Crippen molar-refractivity contribution in [3.63, 3.8) is 0 Å². The molecule has 0 radical (unpaired) electrons. The lowest BCUT2D eigenvalue weighted by molar-refractivity contribution is -0.154. The molecule has 116 valence electrons. The molecular formula is C15H17N3O4. The Morgan fingerprint density at radius 2 is 1.91 bits per heavy atom. The van der Waals surface area contributed by atoms with E-state index in [0.29, 0.717) is 5.56 Å². The van der Waals surface area contributed by atoms with Crippen molar-refractivity contribution >= 4 is 23.5 Å². The first-order valence-corrected chi connectivity index (χ1v) is 6.81. The first-order valence-electron chi connectivity index (χ1n) is 6.81. The molecule has 7 nitrogen and oxygen atoms in total. The number of ether oxygens (including phenoxy) is 1. The van der Waals surface area contributed by atoms with Gasteiger partial charge in [0.05, 0.1) is 0 Å². The number of nitrogens with zero attached hydrogens (tertiary/aromatic N) is 2. The summed E-state index contributed by atoms with van der Waals surface area (Å²) in [6, 6.07) is 8.76. The van der Waals surface area contributed by atoms with Crippen LogP contribution in [0.1, 0.15) is 24.5 Å². The van der Waals surface area contributed by atoms with Crippen LogP contribution in [-0.4, -0.2) is 42.5 Å². The van der Waals surface area contributed by atoms with E-state index >= 15 is 0 Å². The van der Waals surface area contributed by atoms with Gasteiger partial charge in [-0.2, -0.15) is 5.10 Å². The van der Waals surface area contributed by atoms with Crippen molar-refractivity contribution in [1.29, 1.82) is 0 Å². The number of likely N-dealkylation sites (N-methyl/N-ethyl adjacent to an activating group) is 1. The number of benzene rings is 1. The molecule has 1 aliphatic heterocycles. The second-order valence-corrected chi connectivity index (χ2v) is 5.02. The van der Waals surface area contributed by atoms with Gasteiger partial charge >= 0.3 is 5.97 Å². The Balaban J connectivity index is 2.18. The number of nitrogens with one attached hydrogen (secondary N) is 1. The number of hydrogen-bond acceptors (Lipinski definition) is 5. The average Bonchev–Trinajstić information content (AvgIpc) is 2.53. The topological polar surface area (TPSA) is 88.1 Å². The molecule has 0 fully saturated rings. The molecule has 0 bridgehead atoms. The zero-order valence-corrected chi connectivity index (χ0v) is 12.4. The van der Waals surface area contributed by atoms with Crippen molar-refractivity contribution in [2.75, 3.05) is 14.1 Å². The maximum Gasteiger partial charge on any atom is 0.355 e. The summed E-state index contributed by atoms with van der Waals surface area (Å²) < 4.78 is 5.32. The zero-order chi connectivity index (χ0) is 16.1. The molecule has 2 rings (SSSR count). The quantitative estimate of drug-likeness (QED) is 0.826. The van der Waals surface area contributed by atoms with Gasteiger partial charge in [-0.1, -0.05) is 30.3 Å². The van der Waals surface area contributed by atoms with Gasteiger partial charge in [-0.3, -0.25) is 9.59 Å². The number of esters is 1. The Hall–Kier alpha value is -2.70. The fourth-order valence-electron chi connectivity index (χ4n) is 1.92. The maximum absolute atomic E-state index is 12.3. The fourth-order valence-corrected chi connectivity index (χ4v) is 1.92. The van der Waals surface area contributed by atoms with E-state index in [1.807, 2.05) is 6.07 Å². The van der Waals surface area contributed by atoms with Crippen LogP contribution in [0.5, 0.6) is 0 Å². The Morgan fingerprint density at radius 3 is 2.45 bits per heavy atom. The third-order valence-corrected chi connectivity index (χ3v) is 3.13. The van der Waals surface area contributed by atoms with E-state index in [1.165, 1.54) is 4.90 Å². The molecule has 1 atom stereocenters. The first kappa shape index (κ1) is 15.7. The summed E-state index contributed by atoms with van der Waals surface area (Å²) in [5.74, 6) is -1.30. The molecule has 1 aromatic carbocycles. The molecule has 0 unspecified atom stereocenters. The lowest BCUT2D eigenvalue weighted by atomic mass is 10.1. The Labute approximate surface area is 127 Å². The van der Waals surface area contributed by atoms with Crippen LogP contribution < -0.4 is 5.43 Å². The van der Waals surface area contributed by atoms with Gasteiger partial charge in [0.1, 0.15) is 5.71 Å². The molecule has 1 aromatic rings. The van der Waals surface area contributed by atoms with Crippen LogP contribution in [-0.2, 0) is 19.1 Å². The van der Waals surface area contributed by atoms with Gasteiger partial charge in [-0.15, -0.1) is 0 Å². The minimum absolute atomic E-state index is 0.104. The second kappa shape index (κ2) is 6.84. The minimum Gasteiger partial charge on any atom is -0.443 e. The molecule has 1 N–H and O–H groups in total. The van der Waals surface area contributed by atoms with Crippen LogP contribution in [0.15, 0.2) is 35.4 Å². The lowest BCUT2D eigenvalue weighted by Gasteiger charge is -2.22. The number of hydrazone groups is 1. The second-order valence-electron chi connectivity index (χ2n) is 5.02.